The van der Waals surface area contributed by atoms with Crippen molar-refractivity contribution >= 4 is 16.9 Å². The first-order chi connectivity index (χ1) is 11.7. The summed E-state index contributed by atoms with van der Waals surface area (Å²) in [5.41, 5.74) is 1.34. The average Bonchev–Trinajstić information content (AvgIpc) is 3.21. The van der Waals surface area contributed by atoms with Gasteiger partial charge in [0.2, 0.25) is 5.91 Å². The highest BCUT2D eigenvalue weighted by atomic mass is 16.5. The molecule has 1 atom stereocenters. The molecule has 124 valence electrons. The summed E-state index contributed by atoms with van der Waals surface area (Å²) in [6, 6.07) is 7.30. The number of ether oxygens (including phenoxy) is 1. The number of carbonyl (C=O) groups is 1. The van der Waals surface area contributed by atoms with Crippen LogP contribution in [0.2, 0.25) is 0 Å². The summed E-state index contributed by atoms with van der Waals surface area (Å²) < 4.78 is 12.5. The number of nitrogens with zero attached hydrogens (tertiary/aromatic N) is 5. The van der Waals surface area contributed by atoms with E-state index in [9.17, 15) is 4.79 Å². The molecule has 3 aromatic rings. The lowest BCUT2D eigenvalue weighted by molar-refractivity contribution is -0.140. The van der Waals surface area contributed by atoms with Gasteiger partial charge in [-0.1, -0.05) is 17.3 Å². The minimum atomic E-state index is -0.239. The van der Waals surface area contributed by atoms with Gasteiger partial charge < -0.3 is 14.2 Å². The van der Waals surface area contributed by atoms with Crippen molar-refractivity contribution in [2.45, 2.75) is 12.5 Å². The summed E-state index contributed by atoms with van der Waals surface area (Å²) in [5, 5.41) is 9.01. The lowest BCUT2D eigenvalue weighted by Crippen LogP contribution is -2.45. The average molecular weight is 327 g/mol. The molecule has 24 heavy (non-hydrogen) atoms. The van der Waals surface area contributed by atoms with Gasteiger partial charge in [0, 0.05) is 19.0 Å². The zero-order valence-electron chi connectivity index (χ0n) is 13.3. The summed E-state index contributed by atoms with van der Waals surface area (Å²) in [4.78, 5) is 18.9. The van der Waals surface area contributed by atoms with Crippen molar-refractivity contribution in [1.82, 2.24) is 24.8 Å². The fraction of sp³-hybridized carbons (Fsp3) is 0.375. The Labute approximate surface area is 138 Å². The smallest absolute Gasteiger partial charge is 0.229 e. The van der Waals surface area contributed by atoms with Gasteiger partial charge in [0.1, 0.15) is 18.1 Å². The maximum absolute atomic E-state index is 12.9. The van der Waals surface area contributed by atoms with Crippen LogP contribution in [0.25, 0.3) is 11.0 Å². The molecule has 1 unspecified atom stereocenters. The molecular weight excluding hydrogens is 310 g/mol. The van der Waals surface area contributed by atoms with Gasteiger partial charge in [-0.15, -0.1) is 0 Å². The lowest BCUT2D eigenvalue weighted by atomic mass is 10.1. The van der Waals surface area contributed by atoms with Crippen molar-refractivity contribution in [3.8, 4) is 0 Å². The second-order valence-corrected chi connectivity index (χ2v) is 5.72. The Hall–Kier alpha value is -2.74. The molecule has 0 radical (unpaired) electrons. The molecule has 1 fully saturated rings. The Morgan fingerprint density at radius 1 is 1.38 bits per heavy atom. The van der Waals surface area contributed by atoms with Crippen molar-refractivity contribution in [2.75, 3.05) is 19.8 Å². The number of morpholine rings is 1. The molecule has 1 aromatic carbocycles. The molecule has 8 heteroatoms. The van der Waals surface area contributed by atoms with E-state index >= 15 is 0 Å². The van der Waals surface area contributed by atoms with E-state index in [-0.39, 0.29) is 18.4 Å². The van der Waals surface area contributed by atoms with E-state index in [0.717, 1.165) is 5.39 Å². The highest BCUT2D eigenvalue weighted by Gasteiger charge is 2.32. The van der Waals surface area contributed by atoms with Gasteiger partial charge in [-0.3, -0.25) is 9.48 Å². The molecule has 1 amide bonds. The second kappa shape index (κ2) is 6.04. The van der Waals surface area contributed by atoms with E-state index in [2.05, 4.69) is 15.2 Å². The molecule has 4 rings (SSSR count). The Morgan fingerprint density at radius 2 is 2.25 bits per heavy atom. The fourth-order valence-corrected chi connectivity index (χ4v) is 3.03. The highest BCUT2D eigenvalue weighted by molar-refractivity contribution is 5.86. The number of aryl methyl sites for hydroxylation is 1. The summed E-state index contributed by atoms with van der Waals surface area (Å²) in [5.74, 6) is 0.693. The summed E-state index contributed by atoms with van der Waals surface area (Å²) in [6.07, 6.45) is 1.67. The van der Waals surface area contributed by atoms with Gasteiger partial charge in [-0.2, -0.15) is 5.10 Å². The van der Waals surface area contributed by atoms with Crippen LogP contribution in [0.15, 0.2) is 35.1 Å². The molecule has 1 aliphatic heterocycles. The summed E-state index contributed by atoms with van der Waals surface area (Å²) in [7, 11) is 1.81. The maximum Gasteiger partial charge on any atom is 0.229 e. The molecule has 1 saturated heterocycles. The van der Waals surface area contributed by atoms with Crippen LogP contribution >= 0.6 is 0 Å². The van der Waals surface area contributed by atoms with E-state index in [0.29, 0.717) is 36.9 Å². The van der Waals surface area contributed by atoms with E-state index in [4.69, 9.17) is 9.26 Å². The standard InChI is InChI=1S/C16H17N5O3/c1-20-16(17-10-18-20)13-9-23-7-6-21(13)15(22)8-12-11-4-2-3-5-14(11)24-19-12/h2-5,10,13H,6-9H2,1H3. The van der Waals surface area contributed by atoms with E-state index in [1.807, 2.05) is 31.3 Å². The van der Waals surface area contributed by atoms with Gasteiger partial charge >= 0.3 is 0 Å². The lowest BCUT2D eigenvalue weighted by Gasteiger charge is -2.34. The highest BCUT2D eigenvalue weighted by Crippen LogP contribution is 2.24. The van der Waals surface area contributed by atoms with E-state index in [1.54, 1.807) is 9.58 Å². The normalized spacial score (nSPS) is 18.2. The van der Waals surface area contributed by atoms with Crippen LogP contribution in [0.1, 0.15) is 17.6 Å². The second-order valence-electron chi connectivity index (χ2n) is 5.72. The number of carbonyl (C=O) groups excluding carboxylic acids is 1. The monoisotopic (exact) mass is 327 g/mol. The van der Waals surface area contributed by atoms with Crippen molar-refractivity contribution in [2.24, 2.45) is 7.05 Å². The minimum absolute atomic E-state index is 0.0228. The SMILES string of the molecule is Cn1ncnc1C1COCCN1C(=O)Cc1noc2ccccc12. The van der Waals surface area contributed by atoms with Crippen molar-refractivity contribution in [3.05, 3.63) is 42.1 Å². The fourth-order valence-electron chi connectivity index (χ4n) is 3.03. The third-order valence-electron chi connectivity index (χ3n) is 4.26. The molecule has 0 bridgehead atoms. The number of para-hydroxylation sites is 1. The van der Waals surface area contributed by atoms with Crippen LogP contribution in [0, 0.1) is 0 Å². The Bertz CT molecular complexity index is 871. The van der Waals surface area contributed by atoms with Crippen LogP contribution in [0.3, 0.4) is 0 Å². The van der Waals surface area contributed by atoms with Crippen LogP contribution in [0.5, 0.6) is 0 Å². The molecule has 2 aromatic heterocycles. The van der Waals surface area contributed by atoms with Crippen LogP contribution < -0.4 is 0 Å². The van der Waals surface area contributed by atoms with Gasteiger partial charge in [0.25, 0.3) is 0 Å². The first-order valence-electron chi connectivity index (χ1n) is 7.78. The Morgan fingerprint density at radius 3 is 3.08 bits per heavy atom. The number of benzene rings is 1. The summed E-state index contributed by atoms with van der Waals surface area (Å²) in [6.45, 7) is 1.45. The van der Waals surface area contributed by atoms with Gasteiger partial charge in [0.15, 0.2) is 11.4 Å². The van der Waals surface area contributed by atoms with Crippen LogP contribution in [-0.4, -0.2) is 50.5 Å². The molecule has 0 aliphatic carbocycles. The number of aromatic nitrogens is 4. The number of fused-ring (bicyclic) bond motifs is 1. The van der Waals surface area contributed by atoms with Crippen LogP contribution in [0.4, 0.5) is 0 Å². The van der Waals surface area contributed by atoms with Crippen molar-refractivity contribution in [1.29, 1.82) is 0 Å². The largest absolute Gasteiger partial charge is 0.377 e. The Kier molecular flexibility index (Phi) is 3.73. The first-order valence-corrected chi connectivity index (χ1v) is 7.78. The van der Waals surface area contributed by atoms with E-state index in [1.165, 1.54) is 6.33 Å². The summed E-state index contributed by atoms with van der Waals surface area (Å²) >= 11 is 0. The zero-order chi connectivity index (χ0) is 16.5. The molecule has 3 heterocycles. The zero-order valence-corrected chi connectivity index (χ0v) is 13.3. The predicted octanol–water partition coefficient (Wildman–Crippen LogP) is 1.10. The van der Waals surface area contributed by atoms with Gasteiger partial charge in [-0.05, 0) is 12.1 Å². The first kappa shape index (κ1) is 14.8. The van der Waals surface area contributed by atoms with Crippen molar-refractivity contribution < 1.29 is 14.1 Å². The molecule has 0 N–H and O–H groups in total. The van der Waals surface area contributed by atoms with Crippen molar-refractivity contribution in [3.63, 3.8) is 0 Å². The number of rotatable bonds is 3. The maximum atomic E-state index is 12.9. The van der Waals surface area contributed by atoms with Crippen LogP contribution in [-0.2, 0) is 23.0 Å². The molecule has 0 saturated carbocycles. The molecule has 1 aliphatic rings. The van der Waals surface area contributed by atoms with Gasteiger partial charge in [0.05, 0.1) is 19.6 Å². The third-order valence-corrected chi connectivity index (χ3v) is 4.26. The minimum Gasteiger partial charge on any atom is -0.377 e. The third kappa shape index (κ3) is 2.54. The molecule has 8 nitrogen and oxygen atoms in total. The number of hydrogen-bond donors (Lipinski definition) is 0. The quantitative estimate of drug-likeness (QED) is 0.716. The Balaban J connectivity index is 1.59. The number of amides is 1. The van der Waals surface area contributed by atoms with Gasteiger partial charge in [-0.25, -0.2) is 4.98 Å². The molecular formula is C16H17N5O3. The predicted molar refractivity (Wildman–Crippen MR) is 84.0 cm³/mol. The van der Waals surface area contributed by atoms with E-state index < -0.39 is 0 Å². The topological polar surface area (TPSA) is 86.3 Å². The molecule has 0 spiro atoms. The number of hydrogen-bond acceptors (Lipinski definition) is 6.